The van der Waals surface area contributed by atoms with Gasteiger partial charge in [0.2, 0.25) is 0 Å². The third-order valence-electron chi connectivity index (χ3n) is 11.0. The third-order valence-corrected chi connectivity index (χ3v) is 11.0. The van der Waals surface area contributed by atoms with Gasteiger partial charge in [0.1, 0.15) is 11.9 Å². The Morgan fingerprint density at radius 2 is 1.04 bits per heavy atom. The molecule has 2 atom stereocenters. The summed E-state index contributed by atoms with van der Waals surface area (Å²) < 4.78 is 30.1. The van der Waals surface area contributed by atoms with Crippen molar-refractivity contribution >= 4 is 0 Å². The number of benzene rings is 6. The van der Waals surface area contributed by atoms with Gasteiger partial charge in [0.15, 0.2) is 0 Å². The molecule has 0 bridgehead atoms. The molecular weight excluding hydrogens is 962 g/mol. The Kier molecular flexibility index (Phi) is 37.4. The van der Waals surface area contributed by atoms with Crippen LogP contribution in [0.1, 0.15) is 181 Å². The summed E-state index contributed by atoms with van der Waals surface area (Å²) in [5, 5.41) is 18.5. The highest BCUT2D eigenvalue weighted by molar-refractivity contribution is 5.37. The average Bonchev–Trinajstić information content (AvgIpc) is 3.37. The first kappa shape index (κ1) is 74.1. The minimum atomic E-state index is -0.876. The lowest BCUT2D eigenvalue weighted by Crippen LogP contribution is -2.14. The summed E-state index contributed by atoms with van der Waals surface area (Å²) in [6.07, 6.45) is 6.41. The van der Waals surface area contributed by atoms with Gasteiger partial charge in [-0.2, -0.15) is 5.26 Å². The number of aryl methyl sites for hydroxylation is 1. The van der Waals surface area contributed by atoms with Crippen molar-refractivity contribution in [2.75, 3.05) is 20.3 Å². The number of alkyl halides is 1. The van der Waals surface area contributed by atoms with E-state index in [4.69, 9.17) is 25.9 Å². The number of terminal acetylenes is 1. The molecule has 0 aliphatic carbocycles. The number of ether oxygens (including phenoxy) is 3. The lowest BCUT2D eigenvalue weighted by Gasteiger charge is -2.23. The van der Waals surface area contributed by atoms with Gasteiger partial charge in [-0.25, -0.2) is 4.39 Å². The molecule has 5 nitrogen and oxygen atoms in total. The zero-order valence-electron chi connectivity index (χ0n) is 49.7. The molecule has 0 aromatic heterocycles. The SMILES string of the molecule is C.C.C#Cc1cccc(COCC(C)(C)C)c1.CC(C)(C)C(F)c1ccccc1.CC(C)(C)COCc1ccccc1C#N.CC(C)C(O)c1ccccc1.COc1ccccc1CC(C)C.Cc1ccc(CC(C)C)cc1. The van der Waals surface area contributed by atoms with Crippen LogP contribution in [-0.2, 0) is 35.5 Å². The number of hydrogen-bond acceptors (Lipinski definition) is 5. The van der Waals surface area contributed by atoms with E-state index >= 15 is 0 Å². The fourth-order valence-corrected chi connectivity index (χ4v) is 7.11. The van der Waals surface area contributed by atoms with Gasteiger partial charge >= 0.3 is 0 Å². The van der Waals surface area contributed by atoms with Crippen LogP contribution in [0.15, 0.2) is 158 Å². The zero-order chi connectivity index (χ0) is 57.3. The standard InChI is InChI=1S/C14H18O.C13H17NO.C11H15F.C11H16O.C11H16.C10H14O.2CH4/c1-5-12-7-6-8-13(9-12)10-15-11-14(2,3)4;1-13(2,3)10-15-9-12-7-5-4-6-11(12)8-14;1-11(2,3)10(12)9-7-5-4-6-8-9;1-9(2)8-10-6-4-5-7-11(10)12-3;1-9(2)8-11-6-4-10(3)5-7-11;1-8(2)10(11)9-6-4-3-5-7-9;;/h1,6-9H,10-11H2,2-4H3;4-7H,9-10H2,1-3H3;4-8,10H,1-3H3;4-7,9H,8H2,1-3H3;4-7,9H,8H2,1-3H3;3-8,10-11H,1-2H3;2*1H4. The summed E-state index contributed by atoms with van der Waals surface area (Å²) >= 11 is 0. The Bertz CT molecular complexity index is 2520. The van der Waals surface area contributed by atoms with Gasteiger partial charge in [0.05, 0.1) is 51.3 Å². The Balaban J connectivity index is 0. The van der Waals surface area contributed by atoms with E-state index in [0.717, 1.165) is 52.5 Å². The number of halogens is 1. The molecule has 0 amide bonds. The molecule has 0 spiro atoms. The van der Waals surface area contributed by atoms with E-state index in [2.05, 4.69) is 125 Å². The van der Waals surface area contributed by atoms with Crippen LogP contribution in [0.3, 0.4) is 0 Å². The van der Waals surface area contributed by atoms with Crippen LogP contribution in [0, 0.1) is 64.6 Å². The molecule has 0 saturated carbocycles. The molecule has 428 valence electrons. The summed E-state index contributed by atoms with van der Waals surface area (Å²) in [5.41, 5.74) is 9.65. The number of methoxy groups -OCH3 is 1. The van der Waals surface area contributed by atoms with Crippen LogP contribution in [0.5, 0.6) is 5.75 Å². The first-order valence-electron chi connectivity index (χ1n) is 27.0. The number of nitrogens with zero attached hydrogens (tertiary/aromatic N) is 1. The molecule has 6 aromatic rings. The highest BCUT2D eigenvalue weighted by Crippen LogP contribution is 2.35. The number of hydrogen-bond donors (Lipinski definition) is 1. The van der Waals surface area contributed by atoms with Crippen molar-refractivity contribution in [2.45, 2.75) is 164 Å². The predicted octanol–water partition coefficient (Wildman–Crippen LogP) is 19.8. The Labute approximate surface area is 477 Å². The minimum absolute atomic E-state index is 0. The minimum Gasteiger partial charge on any atom is -0.496 e. The maximum absolute atomic E-state index is 13.6. The van der Waals surface area contributed by atoms with E-state index in [-0.39, 0.29) is 43.1 Å². The van der Waals surface area contributed by atoms with Crippen LogP contribution in [0.4, 0.5) is 4.39 Å². The van der Waals surface area contributed by atoms with Crippen LogP contribution in [0.25, 0.3) is 0 Å². The van der Waals surface area contributed by atoms with Gasteiger partial charge in [-0.3, -0.25) is 0 Å². The number of rotatable bonds is 14. The van der Waals surface area contributed by atoms with E-state index in [1.54, 1.807) is 7.11 Å². The molecule has 6 rings (SSSR count). The van der Waals surface area contributed by atoms with Gasteiger partial charge in [0, 0.05) is 5.56 Å². The molecule has 0 aliphatic rings. The summed E-state index contributed by atoms with van der Waals surface area (Å²) in [5.74, 6) is 5.36. The molecule has 0 saturated heterocycles. The van der Waals surface area contributed by atoms with Gasteiger partial charge < -0.3 is 19.3 Å². The number of para-hydroxylation sites is 1. The molecule has 6 aromatic carbocycles. The maximum Gasteiger partial charge on any atom is 0.130 e. The van der Waals surface area contributed by atoms with Crippen LogP contribution in [-0.4, -0.2) is 25.4 Å². The second-order valence-electron chi connectivity index (χ2n) is 24.0. The molecule has 2 unspecified atom stereocenters. The smallest absolute Gasteiger partial charge is 0.130 e. The zero-order valence-corrected chi connectivity index (χ0v) is 49.7. The second kappa shape index (κ2) is 39.4. The van der Waals surface area contributed by atoms with Gasteiger partial charge in [-0.1, -0.05) is 264 Å². The lowest BCUT2D eigenvalue weighted by atomic mass is 9.86. The number of nitriles is 1. The molecule has 0 heterocycles. The molecule has 0 aliphatic heterocycles. The quantitative estimate of drug-likeness (QED) is 0.110. The molecule has 78 heavy (non-hydrogen) atoms. The third kappa shape index (κ3) is 34.7. The molecule has 0 radical (unpaired) electrons. The van der Waals surface area contributed by atoms with Crippen molar-refractivity contribution in [2.24, 2.45) is 34.0 Å². The van der Waals surface area contributed by atoms with Crippen molar-refractivity contribution in [3.8, 4) is 24.2 Å². The van der Waals surface area contributed by atoms with Gasteiger partial charge in [-0.15, -0.1) is 6.42 Å². The predicted molar refractivity (Wildman–Crippen MR) is 334 cm³/mol. The van der Waals surface area contributed by atoms with Crippen molar-refractivity contribution in [1.29, 1.82) is 5.26 Å². The molecule has 6 heteroatoms. The summed E-state index contributed by atoms with van der Waals surface area (Å²) in [6, 6.07) is 53.6. The summed E-state index contributed by atoms with van der Waals surface area (Å²) in [4.78, 5) is 0. The molecule has 1 N–H and O–H groups in total. The monoisotopic (exact) mass is 1070 g/mol. The number of aliphatic hydroxyl groups is 1. The van der Waals surface area contributed by atoms with E-state index in [1.165, 1.54) is 23.1 Å². The maximum atomic E-state index is 13.6. The van der Waals surface area contributed by atoms with Crippen molar-refractivity contribution in [1.82, 2.24) is 0 Å². The fraction of sp³-hybridized carbons (Fsp3) is 0.458. The summed E-state index contributed by atoms with van der Waals surface area (Å²) in [6.45, 7) is 36.3. The van der Waals surface area contributed by atoms with Crippen molar-refractivity contribution in [3.05, 3.63) is 208 Å². The van der Waals surface area contributed by atoms with E-state index in [0.29, 0.717) is 31.3 Å². The van der Waals surface area contributed by atoms with E-state index in [1.807, 2.05) is 156 Å². The van der Waals surface area contributed by atoms with Crippen molar-refractivity contribution in [3.63, 3.8) is 0 Å². The first-order chi connectivity index (χ1) is 35.7. The Morgan fingerprint density at radius 1 is 0.564 bits per heavy atom. The Hall–Kier alpha value is -6.02. The van der Waals surface area contributed by atoms with Crippen LogP contribution in [0.2, 0.25) is 0 Å². The second-order valence-corrected chi connectivity index (χ2v) is 24.0. The highest BCUT2D eigenvalue weighted by atomic mass is 19.1. The van der Waals surface area contributed by atoms with E-state index in [9.17, 15) is 9.50 Å². The molecule has 0 fully saturated rings. The van der Waals surface area contributed by atoms with Gasteiger partial charge in [-0.05, 0) is 111 Å². The van der Waals surface area contributed by atoms with Gasteiger partial charge in [0.25, 0.3) is 0 Å². The van der Waals surface area contributed by atoms with E-state index < -0.39 is 6.17 Å². The normalized spacial score (nSPS) is 11.4. The van der Waals surface area contributed by atoms with Crippen LogP contribution >= 0.6 is 0 Å². The first-order valence-corrected chi connectivity index (χ1v) is 27.0. The average molecular weight is 1070 g/mol. The lowest BCUT2D eigenvalue weighted by molar-refractivity contribution is 0.0598. The topological polar surface area (TPSA) is 71.7 Å². The Morgan fingerprint density at radius 3 is 1.50 bits per heavy atom. The summed E-state index contributed by atoms with van der Waals surface area (Å²) in [7, 11) is 1.72. The molecular formula is C72H104FNO4. The highest BCUT2D eigenvalue weighted by Gasteiger charge is 2.25. The fourth-order valence-electron chi connectivity index (χ4n) is 7.11. The largest absolute Gasteiger partial charge is 0.496 e. The van der Waals surface area contributed by atoms with Crippen molar-refractivity contribution < 1.29 is 23.7 Å². The number of aliphatic hydroxyl groups excluding tert-OH is 1. The van der Waals surface area contributed by atoms with Crippen LogP contribution < -0.4 is 4.74 Å².